The lowest BCUT2D eigenvalue weighted by Crippen LogP contribution is -2.52. The summed E-state index contributed by atoms with van der Waals surface area (Å²) >= 11 is 0. The number of fused-ring (bicyclic) bond motifs is 8. The van der Waals surface area contributed by atoms with Crippen molar-refractivity contribution in [2.75, 3.05) is 38.0 Å². The Hall–Kier alpha value is -5.76. The minimum absolute atomic E-state index is 0.280. The lowest BCUT2D eigenvalue weighted by Gasteiger charge is -2.31. The normalized spacial score (nSPS) is 14.7. The van der Waals surface area contributed by atoms with Gasteiger partial charge in [0.1, 0.15) is 5.71 Å². The van der Waals surface area contributed by atoms with Gasteiger partial charge in [0.15, 0.2) is 0 Å². The van der Waals surface area contributed by atoms with Gasteiger partial charge in [0.2, 0.25) is 5.82 Å². The summed E-state index contributed by atoms with van der Waals surface area (Å²) in [6.07, 6.45) is 0. The highest BCUT2D eigenvalue weighted by atomic mass is 19.2. The molecule has 8 heteroatoms. The summed E-state index contributed by atoms with van der Waals surface area (Å²) in [6, 6.07) is 39.8. The van der Waals surface area contributed by atoms with Gasteiger partial charge in [0.05, 0.1) is 10.9 Å². The molecule has 0 bridgehead atoms. The molecule has 0 spiro atoms. The molecule has 1 aromatic heterocycles. The van der Waals surface area contributed by atoms with Crippen molar-refractivity contribution in [3.8, 4) is 11.3 Å². The molecule has 0 atom stereocenters. The van der Waals surface area contributed by atoms with Crippen LogP contribution in [0.4, 0.5) is 25.8 Å². The topological polar surface area (TPSA) is 26.8 Å². The molecule has 6 aromatic carbocycles. The number of benzene rings is 6. The number of rotatable bonds is 4. The van der Waals surface area contributed by atoms with Crippen LogP contribution in [-0.4, -0.2) is 55.7 Å². The Morgan fingerprint density at radius 1 is 0.583 bits per heavy atom. The monoisotopic (exact) mass is 631 g/mol. The maximum absolute atomic E-state index is 18.0. The van der Waals surface area contributed by atoms with Gasteiger partial charge in [-0.3, -0.25) is 0 Å². The van der Waals surface area contributed by atoms with Crippen LogP contribution in [0, 0.1) is 0 Å². The summed E-state index contributed by atoms with van der Waals surface area (Å²) in [5, 5.41) is 5.42. The SMILES string of the molecule is CN(C)c1ccc(C2=[N+]3C(=Nc4c5cc6ccccc6cc5c(-c5ccc(N(C)C)cc5)n4[B-]3(F)F)c3cc4ccccc4cc32)cc1. The van der Waals surface area contributed by atoms with Crippen LogP contribution in [0.25, 0.3) is 43.6 Å². The Bertz CT molecular complexity index is 2530. The van der Waals surface area contributed by atoms with Crippen molar-refractivity contribution in [2.45, 2.75) is 0 Å². The lowest BCUT2D eigenvalue weighted by atomic mass is 9.91. The van der Waals surface area contributed by atoms with Crippen LogP contribution in [0.1, 0.15) is 16.7 Å². The second kappa shape index (κ2) is 10.1. The van der Waals surface area contributed by atoms with E-state index in [4.69, 9.17) is 4.99 Å². The first-order chi connectivity index (χ1) is 23.2. The molecule has 2 aliphatic rings. The van der Waals surface area contributed by atoms with Crippen molar-refractivity contribution < 1.29 is 13.1 Å². The van der Waals surface area contributed by atoms with E-state index in [-0.39, 0.29) is 11.7 Å². The summed E-state index contributed by atoms with van der Waals surface area (Å²) in [5.74, 6) is 0.559. The number of nitrogens with zero attached hydrogens (tertiary/aromatic N) is 5. The zero-order valence-corrected chi connectivity index (χ0v) is 27.1. The quantitative estimate of drug-likeness (QED) is 0.182. The van der Waals surface area contributed by atoms with E-state index < -0.39 is 6.97 Å². The highest BCUT2D eigenvalue weighted by molar-refractivity contribution is 6.62. The van der Waals surface area contributed by atoms with E-state index >= 15 is 8.63 Å². The highest BCUT2D eigenvalue weighted by Crippen LogP contribution is 2.47. The molecule has 0 radical (unpaired) electrons. The molecule has 0 saturated heterocycles. The molecule has 0 saturated carbocycles. The zero-order valence-electron chi connectivity index (χ0n) is 27.1. The minimum atomic E-state index is -4.43. The fourth-order valence-electron chi connectivity index (χ4n) is 7.45. The van der Waals surface area contributed by atoms with E-state index in [1.807, 2.05) is 159 Å². The summed E-state index contributed by atoms with van der Waals surface area (Å²) in [4.78, 5) is 9.22. The van der Waals surface area contributed by atoms with E-state index in [0.29, 0.717) is 33.5 Å². The third kappa shape index (κ3) is 4.02. The summed E-state index contributed by atoms with van der Waals surface area (Å²) in [5.41, 5.74) is 5.81. The number of hydrogen-bond donors (Lipinski definition) is 0. The molecular weight excluding hydrogens is 599 g/mol. The third-order valence-electron chi connectivity index (χ3n) is 9.85. The summed E-state index contributed by atoms with van der Waals surface area (Å²) in [6.45, 7) is -4.43. The van der Waals surface area contributed by atoms with Gasteiger partial charge < -0.3 is 27.4 Å². The lowest BCUT2D eigenvalue weighted by molar-refractivity contribution is -0.292. The van der Waals surface area contributed by atoms with Crippen LogP contribution in [0.2, 0.25) is 0 Å². The van der Waals surface area contributed by atoms with Crippen LogP contribution in [-0.2, 0) is 0 Å². The summed E-state index contributed by atoms with van der Waals surface area (Å²) in [7, 11) is 7.89. The molecule has 0 amide bonds. The Balaban J connectivity index is 1.41. The van der Waals surface area contributed by atoms with Crippen LogP contribution >= 0.6 is 0 Å². The standard InChI is InChI=1S/C40H32BF2N5/c1-45(2)31-17-13-25(14-18-31)37-33-21-27-9-5-7-11-29(27)23-35(33)39-44-40-36-24-30-12-8-6-10-28(30)22-34(36)38(48(40)41(42,43)47(37)39)26-15-19-32(20-16-26)46(3)4/h5-24H,1-4H3. The largest absolute Gasteiger partial charge is 0.642 e. The van der Waals surface area contributed by atoms with Gasteiger partial charge in [-0.2, -0.15) is 0 Å². The second-order valence-electron chi connectivity index (χ2n) is 13.2. The molecule has 7 aromatic rings. The molecule has 5 nitrogen and oxygen atoms in total. The molecule has 0 aliphatic carbocycles. The first-order valence-corrected chi connectivity index (χ1v) is 16.1. The number of halogens is 2. The zero-order chi connectivity index (χ0) is 32.9. The van der Waals surface area contributed by atoms with Gasteiger partial charge in [-0.1, -0.05) is 60.7 Å². The van der Waals surface area contributed by atoms with Gasteiger partial charge in [-0.05, 0) is 92.8 Å². The molecule has 9 rings (SSSR count). The van der Waals surface area contributed by atoms with Crippen LogP contribution < -0.4 is 9.80 Å². The van der Waals surface area contributed by atoms with Crippen molar-refractivity contribution >= 4 is 68.0 Å². The number of amidine groups is 1. The van der Waals surface area contributed by atoms with E-state index in [0.717, 1.165) is 43.9 Å². The maximum atomic E-state index is 18.0. The predicted molar refractivity (Wildman–Crippen MR) is 197 cm³/mol. The smallest absolute Gasteiger partial charge is 0.414 e. The van der Waals surface area contributed by atoms with Crippen molar-refractivity contribution in [1.29, 1.82) is 0 Å². The van der Waals surface area contributed by atoms with Crippen molar-refractivity contribution in [2.24, 2.45) is 4.99 Å². The van der Waals surface area contributed by atoms with Crippen molar-refractivity contribution in [1.82, 2.24) is 4.48 Å². The predicted octanol–water partition coefficient (Wildman–Crippen LogP) is 8.92. The van der Waals surface area contributed by atoms with Crippen LogP contribution in [0.3, 0.4) is 0 Å². The highest BCUT2D eigenvalue weighted by Gasteiger charge is 2.54. The molecule has 0 fully saturated rings. The van der Waals surface area contributed by atoms with Crippen molar-refractivity contribution in [3.05, 3.63) is 138 Å². The summed E-state index contributed by atoms with van der Waals surface area (Å²) < 4.78 is 38.4. The fraction of sp³-hybridized carbons (Fsp3) is 0.100. The number of anilines is 2. The third-order valence-corrected chi connectivity index (χ3v) is 9.85. The maximum Gasteiger partial charge on any atom is 0.642 e. The van der Waals surface area contributed by atoms with Gasteiger partial charge in [-0.15, -0.1) is 0 Å². The van der Waals surface area contributed by atoms with Crippen molar-refractivity contribution in [3.63, 3.8) is 0 Å². The van der Waals surface area contributed by atoms with Gasteiger partial charge >= 0.3 is 6.97 Å². The molecule has 3 heterocycles. The Labute approximate surface area is 277 Å². The van der Waals surface area contributed by atoms with E-state index in [1.54, 1.807) is 0 Å². The van der Waals surface area contributed by atoms with E-state index in [1.165, 1.54) is 8.96 Å². The van der Waals surface area contributed by atoms with Gasteiger partial charge in [-0.25, -0.2) is 0 Å². The van der Waals surface area contributed by atoms with Crippen LogP contribution in [0.5, 0.6) is 0 Å². The van der Waals surface area contributed by atoms with Gasteiger partial charge in [0.25, 0.3) is 5.84 Å². The van der Waals surface area contributed by atoms with Gasteiger partial charge in [0, 0.05) is 61.8 Å². The number of aromatic nitrogens is 1. The molecular formula is C40H32BF2N5. The molecule has 2 aliphatic heterocycles. The average molecular weight is 632 g/mol. The molecule has 234 valence electrons. The Kier molecular flexibility index (Phi) is 6.00. The fourth-order valence-corrected chi connectivity index (χ4v) is 7.45. The minimum Gasteiger partial charge on any atom is -0.414 e. The Morgan fingerprint density at radius 3 is 1.60 bits per heavy atom. The first kappa shape index (κ1) is 28.5. The Morgan fingerprint density at radius 2 is 1.06 bits per heavy atom. The van der Waals surface area contributed by atoms with E-state index in [9.17, 15) is 0 Å². The molecule has 0 unspecified atom stereocenters. The second-order valence-corrected chi connectivity index (χ2v) is 13.2. The average Bonchev–Trinajstić information content (AvgIpc) is 3.59. The molecule has 0 N–H and O–H groups in total. The number of hydrogen-bond acceptors (Lipinski definition) is 3. The van der Waals surface area contributed by atoms with E-state index in [2.05, 4.69) is 0 Å². The number of aliphatic imine (C=N–C) groups is 1. The van der Waals surface area contributed by atoms with Crippen LogP contribution in [0.15, 0.2) is 126 Å². The molecule has 48 heavy (non-hydrogen) atoms. The first-order valence-electron chi connectivity index (χ1n) is 16.1.